The number of halogens is 1. The van der Waals surface area contributed by atoms with Gasteiger partial charge in [-0.15, -0.1) is 22.4 Å². The minimum absolute atomic E-state index is 0.999. The molecule has 1 heterocycles. The molecule has 46 valence electrons. The lowest BCUT2D eigenvalue weighted by molar-refractivity contribution is 1.34. The minimum atomic E-state index is 0.999. The Kier molecular flexibility index (Phi) is 2.51. The number of aromatic nitrogens is 1. The summed E-state index contributed by atoms with van der Waals surface area (Å²) in [5, 5.41) is 0.999. The summed E-state index contributed by atoms with van der Waals surface area (Å²) in [5.41, 5.74) is 2.45. The molecule has 0 saturated carbocycles. The molecule has 0 atom stereocenters. The van der Waals surface area contributed by atoms with Crippen LogP contribution in [0.5, 0.6) is 0 Å². The van der Waals surface area contributed by atoms with E-state index in [0.29, 0.717) is 0 Å². The van der Waals surface area contributed by atoms with Crippen LogP contribution in [0, 0.1) is 6.92 Å². The Balaban J connectivity index is 2.94. The van der Waals surface area contributed by atoms with Crippen molar-refractivity contribution < 1.29 is 0 Å². The summed E-state index contributed by atoms with van der Waals surface area (Å²) in [4.78, 5) is 4.15. The summed E-state index contributed by atoms with van der Waals surface area (Å²) in [6.07, 6.45) is 1.85. The molecule has 0 fully saturated rings. The normalized spacial score (nSPS) is 9.11. The maximum Gasteiger partial charge on any atom is 0.256 e. The number of aryl methyl sites for hydroxylation is 1. The van der Waals surface area contributed by atoms with Gasteiger partial charge in [0.1, 0.15) is 0 Å². The fourth-order valence-electron chi connectivity index (χ4n) is 0.672. The van der Waals surface area contributed by atoms with E-state index in [1.807, 2.05) is 12.3 Å². The van der Waals surface area contributed by atoms with Gasteiger partial charge in [-0.25, -0.2) is 0 Å². The first kappa shape index (κ1) is 7.06. The molecular formula is C6H7BIN. The van der Waals surface area contributed by atoms with Crippen molar-refractivity contribution in [1.82, 2.24) is 4.98 Å². The fraction of sp³-hybridized carbons (Fsp3) is 0.167. The molecule has 0 spiro atoms. The highest BCUT2D eigenvalue weighted by Crippen LogP contribution is 1.89. The van der Waals surface area contributed by atoms with Crippen LogP contribution in [-0.2, 0) is 0 Å². The topological polar surface area (TPSA) is 12.9 Å². The number of nitrogens with zero attached hydrogens (tertiary/aromatic N) is 1. The lowest BCUT2D eigenvalue weighted by Crippen LogP contribution is -2.12. The zero-order valence-corrected chi connectivity index (χ0v) is 7.42. The van der Waals surface area contributed by atoms with Crippen LogP contribution in [-0.4, -0.2) is 10.1 Å². The van der Waals surface area contributed by atoms with Crippen LogP contribution in [0.2, 0.25) is 0 Å². The molecule has 0 amide bonds. The Morgan fingerprint density at radius 3 is 2.89 bits per heavy atom. The predicted molar refractivity (Wildman–Crippen MR) is 49.8 cm³/mol. The Bertz CT molecular complexity index is 202. The van der Waals surface area contributed by atoms with E-state index in [1.165, 1.54) is 5.56 Å². The van der Waals surface area contributed by atoms with Crippen molar-refractivity contribution in [1.29, 1.82) is 0 Å². The van der Waals surface area contributed by atoms with Crippen molar-refractivity contribution in [3.05, 3.63) is 23.9 Å². The highest BCUT2D eigenvalue weighted by molar-refractivity contribution is 14.1. The summed E-state index contributed by atoms with van der Waals surface area (Å²) >= 11 is 2.31. The van der Waals surface area contributed by atoms with Crippen molar-refractivity contribution in [2.45, 2.75) is 6.92 Å². The number of pyridine rings is 1. The van der Waals surface area contributed by atoms with Crippen molar-refractivity contribution in [2.24, 2.45) is 0 Å². The zero-order valence-electron chi connectivity index (χ0n) is 5.26. The Hall–Kier alpha value is -0.0551. The summed E-state index contributed by atoms with van der Waals surface area (Å²) in [7, 11) is 0. The molecule has 0 bridgehead atoms. The third-order valence-corrected chi connectivity index (χ3v) is 1.89. The van der Waals surface area contributed by atoms with Gasteiger partial charge in [0.15, 0.2) is 0 Å². The molecule has 0 aliphatic rings. The van der Waals surface area contributed by atoms with Gasteiger partial charge in [-0.3, -0.25) is 4.98 Å². The molecule has 0 aliphatic heterocycles. The second-order valence-corrected chi connectivity index (χ2v) is 2.72. The zero-order chi connectivity index (χ0) is 6.69. The van der Waals surface area contributed by atoms with E-state index in [0.717, 1.165) is 10.7 Å². The van der Waals surface area contributed by atoms with Crippen LogP contribution in [0.25, 0.3) is 0 Å². The molecule has 3 heteroatoms. The minimum Gasteiger partial charge on any atom is -0.271 e. The van der Waals surface area contributed by atoms with Crippen molar-refractivity contribution >= 4 is 33.1 Å². The molecule has 0 radical (unpaired) electrons. The van der Waals surface area contributed by atoms with Gasteiger partial charge in [-0.05, 0) is 24.6 Å². The molecule has 9 heavy (non-hydrogen) atoms. The van der Waals surface area contributed by atoms with Gasteiger partial charge in [0.2, 0.25) is 0 Å². The molecule has 1 nitrogen and oxygen atoms in total. The van der Waals surface area contributed by atoms with Crippen LogP contribution in [0.3, 0.4) is 0 Å². The number of rotatable bonds is 1. The van der Waals surface area contributed by atoms with Crippen LogP contribution >= 0.6 is 22.4 Å². The van der Waals surface area contributed by atoms with Gasteiger partial charge < -0.3 is 0 Å². The van der Waals surface area contributed by atoms with Crippen molar-refractivity contribution in [3.8, 4) is 0 Å². The Morgan fingerprint density at radius 2 is 2.44 bits per heavy atom. The third-order valence-electron chi connectivity index (χ3n) is 1.11. The van der Waals surface area contributed by atoms with E-state index in [2.05, 4.69) is 40.3 Å². The average Bonchev–Trinajstić information content (AvgIpc) is 1.88. The monoisotopic (exact) mass is 231 g/mol. The van der Waals surface area contributed by atoms with Crippen LogP contribution in [0.15, 0.2) is 18.3 Å². The Morgan fingerprint density at radius 1 is 1.67 bits per heavy atom. The highest BCUT2D eigenvalue weighted by atomic mass is 127. The largest absolute Gasteiger partial charge is 0.271 e. The maximum absolute atomic E-state index is 4.15. The summed E-state index contributed by atoms with van der Waals surface area (Å²) in [6.45, 7) is 2.08. The smallest absolute Gasteiger partial charge is 0.256 e. The van der Waals surface area contributed by atoms with Gasteiger partial charge >= 0.3 is 0 Å². The van der Waals surface area contributed by atoms with Crippen molar-refractivity contribution in [3.63, 3.8) is 0 Å². The molecule has 1 rings (SSSR count). The molecule has 0 N–H and O–H groups in total. The van der Waals surface area contributed by atoms with E-state index in [9.17, 15) is 0 Å². The van der Waals surface area contributed by atoms with Gasteiger partial charge in [0.05, 0.1) is 0 Å². The molecule has 0 aromatic carbocycles. The van der Waals surface area contributed by atoms with E-state index < -0.39 is 0 Å². The van der Waals surface area contributed by atoms with E-state index in [-0.39, 0.29) is 0 Å². The highest BCUT2D eigenvalue weighted by Gasteiger charge is 1.90. The quantitative estimate of drug-likeness (QED) is 0.514. The standard InChI is InChI=1S/C6H7BIN/c1-5-2-3-9-6(4-5)7-8/h2-4,7H,1H3. The Labute approximate surface area is 69.0 Å². The maximum atomic E-state index is 4.15. The number of hydrogen-bond donors (Lipinski definition) is 0. The molecule has 0 unspecified atom stereocenters. The first-order valence-electron chi connectivity index (χ1n) is 2.80. The van der Waals surface area contributed by atoms with Crippen LogP contribution < -0.4 is 5.59 Å². The summed E-state index contributed by atoms with van der Waals surface area (Å²) < 4.78 is 0. The SMILES string of the molecule is Cc1ccnc(BI)c1. The summed E-state index contributed by atoms with van der Waals surface area (Å²) in [5.74, 6) is 0. The fourth-order valence-corrected chi connectivity index (χ4v) is 1.09. The molecule has 1 aromatic heterocycles. The van der Waals surface area contributed by atoms with Crippen LogP contribution in [0.1, 0.15) is 5.56 Å². The van der Waals surface area contributed by atoms with Gasteiger partial charge in [-0.2, -0.15) is 0 Å². The van der Waals surface area contributed by atoms with Gasteiger partial charge in [0, 0.05) is 11.8 Å². The number of hydrogen-bond acceptors (Lipinski definition) is 1. The second-order valence-electron chi connectivity index (χ2n) is 1.96. The second kappa shape index (κ2) is 3.20. The lowest BCUT2D eigenvalue weighted by atomic mass is 10.0. The van der Waals surface area contributed by atoms with Gasteiger partial charge in [-0.1, -0.05) is 0 Å². The third kappa shape index (κ3) is 1.97. The molecule has 1 aromatic rings. The summed E-state index contributed by atoms with van der Waals surface area (Å²) in [6, 6.07) is 4.11. The molecular weight excluding hydrogens is 224 g/mol. The molecule has 0 saturated heterocycles. The van der Waals surface area contributed by atoms with E-state index >= 15 is 0 Å². The lowest BCUT2D eigenvalue weighted by Gasteiger charge is -1.92. The van der Waals surface area contributed by atoms with Crippen LogP contribution in [0.4, 0.5) is 0 Å². The molecule has 0 aliphatic carbocycles. The average molecular weight is 231 g/mol. The van der Waals surface area contributed by atoms with Crippen molar-refractivity contribution in [2.75, 3.05) is 0 Å². The predicted octanol–water partition coefficient (Wildman–Crippen LogP) is 0.802. The van der Waals surface area contributed by atoms with Gasteiger partial charge in [0.25, 0.3) is 5.14 Å². The van der Waals surface area contributed by atoms with E-state index in [4.69, 9.17) is 0 Å². The first-order valence-corrected chi connectivity index (χ1v) is 4.33. The van der Waals surface area contributed by atoms with E-state index in [1.54, 1.807) is 0 Å². The first-order chi connectivity index (χ1) is 4.33.